The van der Waals surface area contributed by atoms with E-state index in [4.69, 9.17) is 0 Å². The predicted octanol–water partition coefficient (Wildman–Crippen LogP) is 2.39. The number of nitrogens with zero attached hydrogens (tertiary/aromatic N) is 1. The van der Waals surface area contributed by atoms with Crippen LogP contribution in [-0.4, -0.2) is 17.4 Å². The Morgan fingerprint density at radius 2 is 2.25 bits per heavy atom. The molecule has 1 aromatic heterocycles. The SMILES string of the molecule is CCC(C)(C)CNC(=O)c1ccncc1F. The zero-order chi connectivity index (χ0) is 12.2. The normalized spacial score (nSPS) is 11.2. The summed E-state index contributed by atoms with van der Waals surface area (Å²) in [7, 11) is 0. The maximum absolute atomic E-state index is 13.2. The van der Waals surface area contributed by atoms with Crippen LogP contribution in [-0.2, 0) is 0 Å². The van der Waals surface area contributed by atoms with Crippen molar-refractivity contribution in [2.45, 2.75) is 27.2 Å². The average molecular weight is 224 g/mol. The minimum absolute atomic E-state index is 0.0270. The molecular weight excluding hydrogens is 207 g/mol. The number of rotatable bonds is 4. The molecule has 4 heteroatoms. The van der Waals surface area contributed by atoms with E-state index in [1.54, 1.807) is 0 Å². The van der Waals surface area contributed by atoms with E-state index < -0.39 is 5.82 Å². The summed E-state index contributed by atoms with van der Waals surface area (Å²) in [5.74, 6) is -0.976. The fourth-order valence-electron chi connectivity index (χ4n) is 1.10. The van der Waals surface area contributed by atoms with Gasteiger partial charge in [0.15, 0.2) is 5.82 Å². The fourth-order valence-corrected chi connectivity index (χ4v) is 1.10. The molecule has 0 radical (unpaired) electrons. The number of aromatic nitrogens is 1. The van der Waals surface area contributed by atoms with Crippen LogP contribution in [0.1, 0.15) is 37.6 Å². The van der Waals surface area contributed by atoms with Crippen molar-refractivity contribution in [1.29, 1.82) is 0 Å². The lowest BCUT2D eigenvalue weighted by molar-refractivity contribution is 0.0931. The van der Waals surface area contributed by atoms with Crippen molar-refractivity contribution < 1.29 is 9.18 Å². The molecule has 0 fully saturated rings. The van der Waals surface area contributed by atoms with Gasteiger partial charge in [-0.25, -0.2) is 4.39 Å². The quantitative estimate of drug-likeness (QED) is 0.853. The monoisotopic (exact) mass is 224 g/mol. The second kappa shape index (κ2) is 5.05. The lowest BCUT2D eigenvalue weighted by Gasteiger charge is -2.22. The van der Waals surface area contributed by atoms with Gasteiger partial charge in [0.1, 0.15) is 0 Å². The van der Waals surface area contributed by atoms with E-state index in [0.29, 0.717) is 6.54 Å². The number of amides is 1. The second-order valence-corrected chi connectivity index (χ2v) is 4.56. The molecular formula is C12H17FN2O. The number of carbonyl (C=O) groups excluding carboxylic acids is 1. The third-order valence-corrected chi connectivity index (χ3v) is 2.70. The molecule has 0 saturated heterocycles. The molecule has 0 aliphatic rings. The Labute approximate surface area is 95.1 Å². The lowest BCUT2D eigenvalue weighted by Crippen LogP contribution is -2.34. The number of halogens is 1. The van der Waals surface area contributed by atoms with Crippen molar-refractivity contribution in [2.75, 3.05) is 6.54 Å². The van der Waals surface area contributed by atoms with Crippen LogP contribution in [0.25, 0.3) is 0 Å². The maximum atomic E-state index is 13.2. The van der Waals surface area contributed by atoms with Gasteiger partial charge in [-0.15, -0.1) is 0 Å². The molecule has 0 unspecified atom stereocenters. The van der Waals surface area contributed by atoms with E-state index in [1.165, 1.54) is 12.3 Å². The van der Waals surface area contributed by atoms with Crippen molar-refractivity contribution >= 4 is 5.91 Å². The summed E-state index contributed by atoms with van der Waals surface area (Å²) in [6.07, 6.45) is 3.40. The molecule has 1 aromatic rings. The topological polar surface area (TPSA) is 42.0 Å². The standard InChI is InChI=1S/C12H17FN2O/c1-4-12(2,3)8-15-11(16)9-5-6-14-7-10(9)13/h5-7H,4,8H2,1-3H3,(H,15,16). The third kappa shape index (κ3) is 3.29. The number of nitrogens with one attached hydrogen (secondary N) is 1. The smallest absolute Gasteiger partial charge is 0.254 e. The van der Waals surface area contributed by atoms with Gasteiger partial charge in [-0.05, 0) is 17.9 Å². The van der Waals surface area contributed by atoms with Gasteiger partial charge in [-0.3, -0.25) is 9.78 Å². The Balaban J connectivity index is 2.64. The minimum Gasteiger partial charge on any atom is -0.351 e. The first-order valence-electron chi connectivity index (χ1n) is 5.34. The second-order valence-electron chi connectivity index (χ2n) is 4.56. The Hall–Kier alpha value is -1.45. The van der Waals surface area contributed by atoms with E-state index in [2.05, 4.69) is 31.1 Å². The highest BCUT2D eigenvalue weighted by Crippen LogP contribution is 2.18. The van der Waals surface area contributed by atoms with E-state index in [-0.39, 0.29) is 16.9 Å². The molecule has 3 nitrogen and oxygen atoms in total. The molecule has 0 aliphatic heterocycles. The first-order valence-corrected chi connectivity index (χ1v) is 5.34. The highest BCUT2D eigenvalue weighted by atomic mass is 19.1. The van der Waals surface area contributed by atoms with Gasteiger partial charge in [0.2, 0.25) is 0 Å². The Morgan fingerprint density at radius 1 is 1.56 bits per heavy atom. The summed E-state index contributed by atoms with van der Waals surface area (Å²) >= 11 is 0. The molecule has 0 aliphatic carbocycles. The van der Waals surface area contributed by atoms with Crippen LogP contribution in [0.5, 0.6) is 0 Å². The summed E-state index contributed by atoms with van der Waals surface area (Å²) in [6, 6.07) is 1.38. The van der Waals surface area contributed by atoms with Gasteiger partial charge in [0, 0.05) is 12.7 Å². The van der Waals surface area contributed by atoms with Gasteiger partial charge in [0.05, 0.1) is 11.8 Å². The maximum Gasteiger partial charge on any atom is 0.254 e. The summed E-state index contributed by atoms with van der Waals surface area (Å²) in [6.45, 7) is 6.69. The average Bonchev–Trinajstić information content (AvgIpc) is 2.27. The molecule has 1 rings (SSSR count). The fraction of sp³-hybridized carbons (Fsp3) is 0.500. The number of hydrogen-bond acceptors (Lipinski definition) is 2. The van der Waals surface area contributed by atoms with Crippen LogP contribution in [0.15, 0.2) is 18.5 Å². The largest absolute Gasteiger partial charge is 0.351 e. The van der Waals surface area contributed by atoms with E-state index >= 15 is 0 Å². The summed E-state index contributed by atoms with van der Waals surface area (Å²) in [5, 5.41) is 2.72. The highest BCUT2D eigenvalue weighted by Gasteiger charge is 2.18. The van der Waals surface area contributed by atoms with Crippen LogP contribution >= 0.6 is 0 Å². The van der Waals surface area contributed by atoms with Crippen LogP contribution in [0, 0.1) is 11.2 Å². The molecule has 1 amide bonds. The molecule has 1 heterocycles. The molecule has 0 saturated carbocycles. The minimum atomic E-state index is -0.589. The Bertz CT molecular complexity index is 377. The van der Waals surface area contributed by atoms with Crippen molar-refractivity contribution in [3.8, 4) is 0 Å². The Kier molecular flexibility index (Phi) is 3.99. The zero-order valence-corrected chi connectivity index (χ0v) is 9.88. The first-order chi connectivity index (χ1) is 7.46. The molecule has 0 aromatic carbocycles. The molecule has 1 N–H and O–H groups in total. The lowest BCUT2D eigenvalue weighted by atomic mass is 9.90. The van der Waals surface area contributed by atoms with Crippen molar-refractivity contribution in [3.63, 3.8) is 0 Å². The van der Waals surface area contributed by atoms with Crippen LogP contribution in [0.3, 0.4) is 0 Å². The van der Waals surface area contributed by atoms with Gasteiger partial charge >= 0.3 is 0 Å². The van der Waals surface area contributed by atoms with Gasteiger partial charge in [-0.2, -0.15) is 0 Å². The Morgan fingerprint density at radius 3 is 2.81 bits per heavy atom. The molecule has 0 bridgehead atoms. The van der Waals surface area contributed by atoms with Crippen LogP contribution in [0.2, 0.25) is 0 Å². The third-order valence-electron chi connectivity index (χ3n) is 2.70. The van der Waals surface area contributed by atoms with E-state index in [0.717, 1.165) is 12.6 Å². The first kappa shape index (κ1) is 12.6. The number of hydrogen-bond donors (Lipinski definition) is 1. The van der Waals surface area contributed by atoms with Gasteiger partial charge < -0.3 is 5.32 Å². The molecule has 0 spiro atoms. The molecule has 16 heavy (non-hydrogen) atoms. The summed E-state index contributed by atoms with van der Waals surface area (Å²) in [5.41, 5.74) is 0.0704. The van der Waals surface area contributed by atoms with Crippen molar-refractivity contribution in [2.24, 2.45) is 5.41 Å². The van der Waals surface area contributed by atoms with Crippen LogP contribution < -0.4 is 5.32 Å². The number of carbonyl (C=O) groups is 1. The zero-order valence-electron chi connectivity index (χ0n) is 9.88. The van der Waals surface area contributed by atoms with Crippen molar-refractivity contribution in [3.05, 3.63) is 29.8 Å². The van der Waals surface area contributed by atoms with Crippen LogP contribution in [0.4, 0.5) is 4.39 Å². The van der Waals surface area contributed by atoms with Crippen molar-refractivity contribution in [1.82, 2.24) is 10.3 Å². The number of pyridine rings is 1. The molecule has 88 valence electrons. The van der Waals surface area contributed by atoms with Gasteiger partial charge in [0.25, 0.3) is 5.91 Å². The summed E-state index contributed by atoms with van der Waals surface area (Å²) < 4.78 is 13.2. The van der Waals surface area contributed by atoms with Gasteiger partial charge in [-0.1, -0.05) is 20.8 Å². The summed E-state index contributed by atoms with van der Waals surface area (Å²) in [4.78, 5) is 15.2. The molecule has 0 atom stereocenters. The van der Waals surface area contributed by atoms with E-state index in [9.17, 15) is 9.18 Å². The predicted molar refractivity (Wildman–Crippen MR) is 60.6 cm³/mol. The highest BCUT2D eigenvalue weighted by molar-refractivity contribution is 5.94. The van der Waals surface area contributed by atoms with E-state index in [1.807, 2.05) is 0 Å².